The number of nitrogens with zero attached hydrogens (tertiary/aromatic N) is 4. The fraction of sp³-hybridized carbons (Fsp3) is 0.474. The summed E-state index contributed by atoms with van der Waals surface area (Å²) in [6.07, 6.45) is 5.47. The van der Waals surface area contributed by atoms with E-state index in [0.29, 0.717) is 25.9 Å². The fourth-order valence-electron chi connectivity index (χ4n) is 3.46. The van der Waals surface area contributed by atoms with Crippen molar-refractivity contribution >= 4 is 15.9 Å². The summed E-state index contributed by atoms with van der Waals surface area (Å²) in [5, 5.41) is 4.35. The molecule has 8 heteroatoms. The average molecular weight is 391 g/mol. The maximum Gasteiger partial charge on any atom is 0.241 e. The van der Waals surface area contributed by atoms with E-state index in [2.05, 4.69) is 5.10 Å². The van der Waals surface area contributed by atoms with Crippen molar-refractivity contribution in [2.24, 2.45) is 0 Å². The van der Waals surface area contributed by atoms with Crippen molar-refractivity contribution in [3.8, 4) is 5.69 Å². The highest BCUT2D eigenvalue weighted by molar-refractivity contribution is 7.89. The van der Waals surface area contributed by atoms with Gasteiger partial charge in [-0.05, 0) is 31.4 Å². The maximum absolute atomic E-state index is 12.9. The first-order chi connectivity index (χ1) is 12.9. The number of carbonyl (C=O) groups is 1. The normalized spacial score (nSPS) is 17.9. The number of rotatable bonds is 7. The average Bonchev–Trinajstić information content (AvgIpc) is 3.31. The van der Waals surface area contributed by atoms with Gasteiger partial charge in [-0.3, -0.25) is 4.79 Å². The molecule has 146 valence electrons. The van der Waals surface area contributed by atoms with E-state index >= 15 is 0 Å². The maximum atomic E-state index is 12.9. The highest BCUT2D eigenvalue weighted by Crippen LogP contribution is 2.24. The van der Waals surface area contributed by atoms with Crippen molar-refractivity contribution < 1.29 is 13.2 Å². The Morgan fingerprint density at radius 1 is 1.30 bits per heavy atom. The summed E-state index contributed by atoms with van der Waals surface area (Å²) in [6, 6.07) is 9.16. The van der Waals surface area contributed by atoms with E-state index in [-0.39, 0.29) is 11.7 Å². The summed E-state index contributed by atoms with van der Waals surface area (Å²) in [7, 11) is -1.66. The Bertz CT molecular complexity index is 879. The van der Waals surface area contributed by atoms with Crippen LogP contribution >= 0.6 is 0 Å². The Balaban J connectivity index is 1.68. The van der Waals surface area contributed by atoms with Gasteiger partial charge in [0.15, 0.2) is 0 Å². The molecule has 1 amide bonds. The van der Waals surface area contributed by atoms with Gasteiger partial charge in [0, 0.05) is 31.9 Å². The molecule has 1 aliphatic rings. The van der Waals surface area contributed by atoms with Crippen molar-refractivity contribution in [1.29, 1.82) is 0 Å². The number of hydrogen-bond donors (Lipinski definition) is 0. The van der Waals surface area contributed by atoms with E-state index in [4.69, 9.17) is 0 Å². The molecule has 0 N–H and O–H groups in total. The summed E-state index contributed by atoms with van der Waals surface area (Å²) >= 11 is 0. The second kappa shape index (κ2) is 8.22. The van der Waals surface area contributed by atoms with Gasteiger partial charge in [-0.2, -0.15) is 9.40 Å². The van der Waals surface area contributed by atoms with Crippen LogP contribution in [0.5, 0.6) is 0 Å². The molecule has 1 saturated heterocycles. The van der Waals surface area contributed by atoms with Crippen LogP contribution in [0.25, 0.3) is 5.69 Å². The third-order valence-corrected chi connectivity index (χ3v) is 6.84. The fourth-order valence-corrected chi connectivity index (χ4v) is 5.21. The Morgan fingerprint density at radius 3 is 2.74 bits per heavy atom. The Kier molecular flexibility index (Phi) is 5.96. The monoisotopic (exact) mass is 390 g/mol. The molecule has 1 atom stereocenters. The molecule has 2 aromatic rings. The van der Waals surface area contributed by atoms with E-state index in [1.54, 1.807) is 22.8 Å². The number of aromatic nitrogens is 2. The van der Waals surface area contributed by atoms with E-state index in [1.807, 2.05) is 43.5 Å². The zero-order valence-electron chi connectivity index (χ0n) is 15.8. The molecule has 2 heterocycles. The molecule has 0 bridgehead atoms. The minimum absolute atomic E-state index is 0.0876. The smallest absolute Gasteiger partial charge is 0.241 e. The standard InChI is InChI=1S/C19H26N4O3S/c1-3-12-27(25,26)23-11-7-10-18(23)19(24)21(2)14-16-13-20-22(15-16)17-8-5-4-6-9-17/h4-6,8-9,13,15,18H,3,7,10-12,14H2,1-2H3. The van der Waals surface area contributed by atoms with Crippen LogP contribution in [0, 0.1) is 0 Å². The molecule has 1 aromatic carbocycles. The topological polar surface area (TPSA) is 75.5 Å². The van der Waals surface area contributed by atoms with Crippen LogP contribution in [0.1, 0.15) is 31.7 Å². The number of likely N-dealkylation sites (N-methyl/N-ethyl adjacent to an activating group) is 1. The molecule has 0 radical (unpaired) electrons. The van der Waals surface area contributed by atoms with Crippen molar-refractivity contribution in [2.75, 3.05) is 19.3 Å². The van der Waals surface area contributed by atoms with Gasteiger partial charge < -0.3 is 4.90 Å². The third-order valence-electron chi connectivity index (χ3n) is 4.76. The van der Waals surface area contributed by atoms with E-state index in [9.17, 15) is 13.2 Å². The van der Waals surface area contributed by atoms with Gasteiger partial charge in [-0.15, -0.1) is 0 Å². The lowest BCUT2D eigenvalue weighted by Crippen LogP contribution is -2.46. The van der Waals surface area contributed by atoms with Gasteiger partial charge in [0.05, 0.1) is 17.6 Å². The number of benzene rings is 1. The minimum atomic E-state index is -3.37. The van der Waals surface area contributed by atoms with Crippen molar-refractivity contribution in [2.45, 2.75) is 38.8 Å². The molecule has 0 aliphatic carbocycles. The molecule has 0 saturated carbocycles. The zero-order valence-corrected chi connectivity index (χ0v) is 16.6. The quantitative estimate of drug-likeness (QED) is 0.725. The molecule has 0 spiro atoms. The van der Waals surface area contributed by atoms with Crippen LogP contribution < -0.4 is 0 Å². The van der Waals surface area contributed by atoms with Crippen LogP contribution in [0.2, 0.25) is 0 Å². The van der Waals surface area contributed by atoms with E-state index in [0.717, 1.165) is 17.7 Å². The number of hydrogen-bond acceptors (Lipinski definition) is 4. The lowest BCUT2D eigenvalue weighted by molar-refractivity contribution is -0.133. The lowest BCUT2D eigenvalue weighted by atomic mass is 10.2. The largest absolute Gasteiger partial charge is 0.340 e. The molecule has 3 rings (SSSR count). The predicted octanol–water partition coefficient (Wildman–Crippen LogP) is 2.03. The van der Waals surface area contributed by atoms with Gasteiger partial charge in [0.25, 0.3) is 0 Å². The molecular formula is C19H26N4O3S. The second-order valence-corrected chi connectivity index (χ2v) is 8.95. The van der Waals surface area contributed by atoms with Crippen LogP contribution in [0.4, 0.5) is 0 Å². The first-order valence-corrected chi connectivity index (χ1v) is 10.9. The predicted molar refractivity (Wildman–Crippen MR) is 104 cm³/mol. The molecular weight excluding hydrogens is 364 g/mol. The Hall–Kier alpha value is -2.19. The molecule has 7 nitrogen and oxygen atoms in total. The van der Waals surface area contributed by atoms with Gasteiger partial charge in [0.1, 0.15) is 6.04 Å². The number of carbonyl (C=O) groups excluding carboxylic acids is 1. The SMILES string of the molecule is CCCS(=O)(=O)N1CCCC1C(=O)N(C)Cc1cnn(-c2ccccc2)c1. The van der Waals surface area contributed by atoms with Gasteiger partial charge in [-0.25, -0.2) is 13.1 Å². The lowest BCUT2D eigenvalue weighted by Gasteiger charge is -2.27. The van der Waals surface area contributed by atoms with Crippen LogP contribution in [0.3, 0.4) is 0 Å². The van der Waals surface area contributed by atoms with E-state index in [1.165, 1.54) is 4.31 Å². The Morgan fingerprint density at radius 2 is 2.04 bits per heavy atom. The number of amides is 1. The zero-order chi connectivity index (χ0) is 19.4. The highest BCUT2D eigenvalue weighted by atomic mass is 32.2. The van der Waals surface area contributed by atoms with Gasteiger partial charge in [0.2, 0.25) is 15.9 Å². The van der Waals surface area contributed by atoms with Gasteiger partial charge >= 0.3 is 0 Å². The number of para-hydroxylation sites is 1. The number of sulfonamides is 1. The van der Waals surface area contributed by atoms with Crippen molar-refractivity contribution in [3.63, 3.8) is 0 Å². The second-order valence-electron chi connectivity index (χ2n) is 6.91. The van der Waals surface area contributed by atoms with Gasteiger partial charge in [-0.1, -0.05) is 25.1 Å². The highest BCUT2D eigenvalue weighted by Gasteiger charge is 2.39. The Labute approximate surface area is 160 Å². The third kappa shape index (κ3) is 4.39. The summed E-state index contributed by atoms with van der Waals surface area (Å²) in [5.74, 6) is -0.0655. The minimum Gasteiger partial charge on any atom is -0.340 e. The molecule has 1 aliphatic heterocycles. The summed E-state index contributed by atoms with van der Waals surface area (Å²) in [6.45, 7) is 2.66. The first-order valence-electron chi connectivity index (χ1n) is 9.26. The summed E-state index contributed by atoms with van der Waals surface area (Å²) in [4.78, 5) is 14.5. The molecule has 1 fully saturated rings. The van der Waals surface area contributed by atoms with Crippen LogP contribution in [-0.2, 0) is 21.4 Å². The van der Waals surface area contributed by atoms with E-state index < -0.39 is 16.1 Å². The molecule has 1 aromatic heterocycles. The summed E-state index contributed by atoms with van der Waals surface area (Å²) in [5.41, 5.74) is 1.85. The van der Waals surface area contributed by atoms with Crippen LogP contribution in [0.15, 0.2) is 42.7 Å². The molecule has 1 unspecified atom stereocenters. The van der Waals surface area contributed by atoms with Crippen LogP contribution in [-0.4, -0.2) is 58.7 Å². The van der Waals surface area contributed by atoms with Crippen molar-refractivity contribution in [3.05, 3.63) is 48.3 Å². The summed E-state index contributed by atoms with van der Waals surface area (Å²) < 4.78 is 28.0. The van der Waals surface area contributed by atoms with Crippen molar-refractivity contribution in [1.82, 2.24) is 19.0 Å². The first kappa shape index (κ1) is 19.6. The molecule has 27 heavy (non-hydrogen) atoms.